The third-order valence-corrected chi connectivity index (χ3v) is 3.66. The average Bonchev–Trinajstić information content (AvgIpc) is 2.30. The van der Waals surface area contributed by atoms with E-state index in [1.165, 1.54) is 6.92 Å². The number of halogens is 1. The van der Waals surface area contributed by atoms with Gasteiger partial charge in [0, 0.05) is 21.3 Å². The Morgan fingerprint density at radius 2 is 2.16 bits per heavy atom. The van der Waals surface area contributed by atoms with Crippen molar-refractivity contribution < 1.29 is 9.90 Å². The number of hydrogen-bond donors (Lipinski definition) is 3. The predicted octanol–water partition coefficient (Wildman–Crippen LogP) is 2.54. The van der Waals surface area contributed by atoms with Crippen LogP contribution < -0.4 is 10.6 Å². The van der Waals surface area contributed by atoms with Crippen LogP contribution in [-0.4, -0.2) is 16.0 Å². The van der Waals surface area contributed by atoms with Crippen LogP contribution in [0.15, 0.2) is 33.9 Å². The van der Waals surface area contributed by atoms with E-state index in [1.54, 1.807) is 25.1 Å². The molecule has 6 heteroatoms. The van der Waals surface area contributed by atoms with Gasteiger partial charge in [-0.05, 0) is 44.3 Å². The molecule has 1 aliphatic rings. The molecular weight excluding hydrogens is 328 g/mol. The first kappa shape index (κ1) is 14.0. The number of nitrogens with one attached hydrogen (secondary N) is 2. The summed E-state index contributed by atoms with van der Waals surface area (Å²) in [7, 11) is 0. The number of ketones is 1. The zero-order valence-corrected chi connectivity index (χ0v) is 12.9. The smallest absolute Gasteiger partial charge is 0.171 e. The first-order valence-electron chi connectivity index (χ1n) is 5.67. The second-order valence-corrected chi connectivity index (χ2v) is 5.65. The van der Waals surface area contributed by atoms with Gasteiger partial charge in [0.1, 0.15) is 5.75 Å². The number of thiocarbonyl (C=S) groups is 1. The van der Waals surface area contributed by atoms with Crippen molar-refractivity contribution >= 4 is 39.0 Å². The lowest BCUT2D eigenvalue weighted by Crippen LogP contribution is -2.44. The molecule has 0 saturated carbocycles. The van der Waals surface area contributed by atoms with Crippen LogP contribution in [0.1, 0.15) is 25.5 Å². The summed E-state index contributed by atoms with van der Waals surface area (Å²) in [5.41, 5.74) is 1.89. The van der Waals surface area contributed by atoms with Crippen LogP contribution in [0, 0.1) is 0 Å². The molecule has 1 atom stereocenters. The maximum Gasteiger partial charge on any atom is 0.171 e. The molecule has 0 spiro atoms. The Kier molecular flexibility index (Phi) is 3.91. The van der Waals surface area contributed by atoms with E-state index in [0.29, 0.717) is 21.9 Å². The van der Waals surface area contributed by atoms with E-state index >= 15 is 0 Å². The molecule has 0 radical (unpaired) electrons. The molecule has 1 aliphatic heterocycles. The Labute approximate surface area is 125 Å². The fourth-order valence-electron chi connectivity index (χ4n) is 2.15. The predicted molar refractivity (Wildman–Crippen MR) is 80.8 cm³/mol. The van der Waals surface area contributed by atoms with Gasteiger partial charge in [-0.15, -0.1) is 0 Å². The van der Waals surface area contributed by atoms with Gasteiger partial charge in [-0.2, -0.15) is 0 Å². The third kappa shape index (κ3) is 2.79. The zero-order chi connectivity index (χ0) is 14.2. The van der Waals surface area contributed by atoms with Gasteiger partial charge in [0.25, 0.3) is 0 Å². The molecule has 4 nitrogen and oxygen atoms in total. The molecule has 1 aromatic rings. The molecule has 0 aliphatic carbocycles. The number of phenols is 1. The topological polar surface area (TPSA) is 61.4 Å². The van der Waals surface area contributed by atoms with Crippen molar-refractivity contribution in [3.8, 4) is 5.75 Å². The molecule has 19 heavy (non-hydrogen) atoms. The maximum atomic E-state index is 11.8. The summed E-state index contributed by atoms with van der Waals surface area (Å²) in [4.78, 5) is 11.8. The van der Waals surface area contributed by atoms with Crippen LogP contribution >= 0.6 is 28.1 Å². The van der Waals surface area contributed by atoms with E-state index < -0.39 is 6.04 Å². The number of aromatic hydroxyl groups is 1. The van der Waals surface area contributed by atoms with E-state index in [2.05, 4.69) is 26.6 Å². The van der Waals surface area contributed by atoms with Crippen LogP contribution in [0.25, 0.3) is 0 Å². The van der Waals surface area contributed by atoms with Crippen LogP contribution in [0.5, 0.6) is 5.75 Å². The van der Waals surface area contributed by atoms with Gasteiger partial charge in [0.05, 0.1) is 6.04 Å². The third-order valence-electron chi connectivity index (χ3n) is 2.95. The van der Waals surface area contributed by atoms with E-state index in [4.69, 9.17) is 12.2 Å². The Morgan fingerprint density at radius 1 is 1.47 bits per heavy atom. The summed E-state index contributed by atoms with van der Waals surface area (Å²) in [6.45, 7) is 3.30. The maximum absolute atomic E-state index is 11.8. The minimum absolute atomic E-state index is 0.0654. The van der Waals surface area contributed by atoms with E-state index in [0.717, 1.165) is 4.47 Å². The molecule has 0 aromatic heterocycles. The van der Waals surface area contributed by atoms with Crippen LogP contribution in [0.3, 0.4) is 0 Å². The van der Waals surface area contributed by atoms with Crippen molar-refractivity contribution in [1.29, 1.82) is 0 Å². The summed E-state index contributed by atoms with van der Waals surface area (Å²) in [6, 6.07) is 4.65. The quantitative estimate of drug-likeness (QED) is 0.722. The fourth-order valence-corrected chi connectivity index (χ4v) is 2.80. The number of Topliss-reactive ketones (excluding diaryl/α,β-unsaturated/α-hetero) is 1. The SMILES string of the molecule is CC(=O)C1=C(C)NC(=S)N[C@H]1c1cc(Br)ccc1O. The standard InChI is InChI=1S/C13H13BrN2O2S/c1-6-11(7(2)17)12(16-13(19)15-6)9-5-8(14)3-4-10(9)18/h3-5,12,18H,1-2H3,(H2,15,16,19)/t12-/m0/s1. The van der Waals surface area contributed by atoms with Crippen molar-refractivity contribution in [1.82, 2.24) is 10.6 Å². The van der Waals surface area contributed by atoms with Gasteiger partial charge in [0.15, 0.2) is 10.9 Å². The molecule has 0 unspecified atom stereocenters. The lowest BCUT2D eigenvalue weighted by atomic mass is 9.92. The lowest BCUT2D eigenvalue weighted by Gasteiger charge is -2.30. The largest absolute Gasteiger partial charge is 0.508 e. The molecule has 0 fully saturated rings. The number of phenolic OH excluding ortho intramolecular Hbond substituents is 1. The number of benzene rings is 1. The van der Waals surface area contributed by atoms with Gasteiger partial charge in [-0.1, -0.05) is 15.9 Å². The molecule has 0 amide bonds. The molecule has 0 saturated heterocycles. The number of rotatable bonds is 2. The average molecular weight is 341 g/mol. The van der Waals surface area contributed by atoms with Crippen molar-refractivity contribution in [2.24, 2.45) is 0 Å². The van der Waals surface area contributed by atoms with Gasteiger partial charge in [-0.3, -0.25) is 4.79 Å². The van der Waals surface area contributed by atoms with Crippen molar-refractivity contribution in [2.75, 3.05) is 0 Å². The summed E-state index contributed by atoms with van der Waals surface area (Å²) in [5, 5.41) is 16.4. The number of hydrogen-bond acceptors (Lipinski definition) is 3. The fraction of sp³-hybridized carbons (Fsp3) is 0.231. The van der Waals surface area contributed by atoms with Gasteiger partial charge in [-0.25, -0.2) is 0 Å². The van der Waals surface area contributed by atoms with Gasteiger partial charge >= 0.3 is 0 Å². The van der Waals surface area contributed by atoms with Gasteiger partial charge < -0.3 is 15.7 Å². The Bertz CT molecular complexity index is 598. The van der Waals surface area contributed by atoms with Crippen molar-refractivity contribution in [2.45, 2.75) is 19.9 Å². The highest BCUT2D eigenvalue weighted by Gasteiger charge is 2.29. The highest BCUT2D eigenvalue weighted by molar-refractivity contribution is 9.10. The molecule has 1 aromatic carbocycles. The monoisotopic (exact) mass is 340 g/mol. The van der Waals surface area contributed by atoms with E-state index in [-0.39, 0.29) is 11.5 Å². The van der Waals surface area contributed by atoms with E-state index in [9.17, 15) is 9.90 Å². The molecule has 0 bridgehead atoms. The molecule has 1 heterocycles. The highest BCUT2D eigenvalue weighted by atomic mass is 79.9. The van der Waals surface area contributed by atoms with Crippen molar-refractivity contribution in [3.05, 3.63) is 39.5 Å². The Balaban J connectivity index is 2.58. The summed E-state index contributed by atoms with van der Waals surface area (Å²) >= 11 is 8.48. The first-order chi connectivity index (χ1) is 8.90. The number of carbonyl (C=O) groups excluding carboxylic acids is 1. The molecule has 100 valence electrons. The van der Waals surface area contributed by atoms with Crippen LogP contribution in [0.2, 0.25) is 0 Å². The summed E-state index contributed by atoms with van der Waals surface area (Å²) in [6.07, 6.45) is 0. The number of allylic oxidation sites excluding steroid dienone is 1. The van der Waals surface area contributed by atoms with Crippen LogP contribution in [0.4, 0.5) is 0 Å². The Hall–Kier alpha value is -1.40. The second kappa shape index (κ2) is 5.30. The normalized spacial score (nSPS) is 18.9. The zero-order valence-electron chi connectivity index (χ0n) is 10.5. The minimum atomic E-state index is -0.441. The summed E-state index contributed by atoms with van der Waals surface area (Å²) in [5.74, 6) is 0.0568. The van der Waals surface area contributed by atoms with E-state index in [1.807, 2.05) is 0 Å². The number of carbonyl (C=O) groups is 1. The second-order valence-electron chi connectivity index (χ2n) is 4.33. The Morgan fingerprint density at radius 3 is 2.79 bits per heavy atom. The van der Waals surface area contributed by atoms with Crippen molar-refractivity contribution in [3.63, 3.8) is 0 Å². The molecule has 2 rings (SSSR count). The highest BCUT2D eigenvalue weighted by Crippen LogP contribution is 2.34. The molecular formula is C13H13BrN2O2S. The molecule has 3 N–H and O–H groups in total. The lowest BCUT2D eigenvalue weighted by molar-refractivity contribution is -0.114. The van der Waals surface area contributed by atoms with Gasteiger partial charge in [0.2, 0.25) is 0 Å². The summed E-state index contributed by atoms with van der Waals surface area (Å²) < 4.78 is 0.826. The first-order valence-corrected chi connectivity index (χ1v) is 6.88. The van der Waals surface area contributed by atoms with Crippen LogP contribution in [-0.2, 0) is 4.79 Å². The minimum Gasteiger partial charge on any atom is -0.508 e.